The lowest BCUT2D eigenvalue weighted by atomic mass is 10.2. The summed E-state index contributed by atoms with van der Waals surface area (Å²) in [6.45, 7) is 5.39. The van der Waals surface area contributed by atoms with Crippen LogP contribution in [0.5, 0.6) is 0 Å². The van der Waals surface area contributed by atoms with Gasteiger partial charge in [0.25, 0.3) is 0 Å². The van der Waals surface area contributed by atoms with Gasteiger partial charge in [0, 0.05) is 0 Å². The van der Waals surface area contributed by atoms with Crippen molar-refractivity contribution in [2.75, 3.05) is 0 Å². The summed E-state index contributed by atoms with van der Waals surface area (Å²) in [6.07, 6.45) is 2.43. The zero-order valence-corrected chi connectivity index (χ0v) is 8.70. The number of hydrogen-bond donors (Lipinski definition) is 2. The molecule has 0 aromatic carbocycles. The van der Waals surface area contributed by atoms with Crippen molar-refractivity contribution in [2.45, 2.75) is 44.8 Å². The van der Waals surface area contributed by atoms with Gasteiger partial charge in [-0.1, -0.05) is 5.16 Å². The molecule has 1 fully saturated rings. The molecule has 0 aromatic heterocycles. The predicted octanol–water partition coefficient (Wildman–Crippen LogP) is 1.50. The maximum atomic E-state index is 11.3. The molecule has 0 spiro atoms. The van der Waals surface area contributed by atoms with Gasteiger partial charge in [-0.25, -0.2) is 4.79 Å². The largest absolute Gasteiger partial charge is 0.444 e. The van der Waals surface area contributed by atoms with E-state index in [0.29, 0.717) is 0 Å². The van der Waals surface area contributed by atoms with Crippen molar-refractivity contribution in [1.29, 1.82) is 0 Å². The summed E-state index contributed by atoms with van der Waals surface area (Å²) in [4.78, 5) is 11.3. The fourth-order valence-corrected chi connectivity index (χ4v) is 1.04. The summed E-state index contributed by atoms with van der Waals surface area (Å²) in [5.41, 5.74) is -0.979. The van der Waals surface area contributed by atoms with Crippen molar-refractivity contribution in [3.8, 4) is 0 Å². The van der Waals surface area contributed by atoms with Crippen LogP contribution in [0.15, 0.2) is 5.16 Å². The van der Waals surface area contributed by atoms with Crippen molar-refractivity contribution in [2.24, 2.45) is 5.16 Å². The Balaban J connectivity index is 2.42. The molecule has 0 atom stereocenters. The average Bonchev–Trinajstić information content (AvgIpc) is 2.64. The topological polar surface area (TPSA) is 70.9 Å². The van der Waals surface area contributed by atoms with Crippen molar-refractivity contribution >= 4 is 12.3 Å². The number of carbonyl (C=O) groups is 1. The molecule has 5 nitrogen and oxygen atoms in total. The fraction of sp³-hybridized carbons (Fsp3) is 0.778. The van der Waals surface area contributed by atoms with E-state index in [9.17, 15) is 4.79 Å². The fourth-order valence-electron chi connectivity index (χ4n) is 1.04. The highest BCUT2D eigenvalue weighted by molar-refractivity contribution is 5.81. The third-order valence-electron chi connectivity index (χ3n) is 1.84. The van der Waals surface area contributed by atoms with Crippen LogP contribution in [-0.4, -0.2) is 28.7 Å². The van der Waals surface area contributed by atoms with Gasteiger partial charge < -0.3 is 15.3 Å². The highest BCUT2D eigenvalue weighted by Gasteiger charge is 2.44. The maximum Gasteiger partial charge on any atom is 0.408 e. The highest BCUT2D eigenvalue weighted by atomic mass is 16.6. The quantitative estimate of drug-likeness (QED) is 0.403. The molecule has 1 amide bonds. The molecule has 1 saturated carbocycles. The second kappa shape index (κ2) is 3.48. The van der Waals surface area contributed by atoms with Crippen LogP contribution in [-0.2, 0) is 4.74 Å². The van der Waals surface area contributed by atoms with E-state index in [1.54, 1.807) is 20.8 Å². The van der Waals surface area contributed by atoms with Gasteiger partial charge in [-0.3, -0.25) is 0 Å². The zero-order chi connectivity index (χ0) is 10.8. The first-order chi connectivity index (χ1) is 6.37. The first kappa shape index (κ1) is 10.8. The van der Waals surface area contributed by atoms with Crippen molar-refractivity contribution in [3.05, 3.63) is 0 Å². The second-order valence-electron chi connectivity index (χ2n) is 4.53. The Morgan fingerprint density at radius 3 is 2.50 bits per heavy atom. The monoisotopic (exact) mass is 200 g/mol. The molecular formula is C9H16N2O3. The molecule has 0 bridgehead atoms. The van der Waals surface area contributed by atoms with Crippen LogP contribution in [0.4, 0.5) is 4.79 Å². The number of ether oxygens (including phenoxy) is 1. The van der Waals surface area contributed by atoms with Gasteiger partial charge in [-0.05, 0) is 33.6 Å². The molecule has 1 aliphatic rings. The molecule has 0 aliphatic heterocycles. The second-order valence-corrected chi connectivity index (χ2v) is 4.53. The summed E-state index contributed by atoms with van der Waals surface area (Å²) in [5, 5.41) is 13.9. The van der Waals surface area contributed by atoms with Crippen LogP contribution in [0.2, 0.25) is 0 Å². The van der Waals surface area contributed by atoms with E-state index < -0.39 is 17.2 Å². The van der Waals surface area contributed by atoms with E-state index in [1.165, 1.54) is 6.21 Å². The van der Waals surface area contributed by atoms with Crippen LogP contribution in [0.3, 0.4) is 0 Å². The Kier molecular flexibility index (Phi) is 2.69. The number of nitrogens with one attached hydrogen (secondary N) is 1. The molecule has 80 valence electrons. The Morgan fingerprint density at radius 2 is 2.14 bits per heavy atom. The normalized spacial score (nSPS) is 19.4. The Morgan fingerprint density at radius 1 is 1.57 bits per heavy atom. The number of amides is 1. The van der Waals surface area contributed by atoms with Crippen LogP contribution < -0.4 is 5.32 Å². The minimum absolute atomic E-state index is 0.475. The van der Waals surface area contributed by atoms with Gasteiger partial charge in [0.15, 0.2) is 0 Å². The number of alkyl carbamates (subject to hydrolysis) is 1. The maximum absolute atomic E-state index is 11.3. The standard InChI is InChI=1S/C9H16N2O3/c1-8(2,3)14-7(12)11-9(4-5-9)6-10-13/h6,13H,4-5H2,1-3H3,(H,11,12)/b10-6+. The molecule has 0 aromatic rings. The lowest BCUT2D eigenvalue weighted by Gasteiger charge is -2.21. The van der Waals surface area contributed by atoms with Gasteiger partial charge in [0.1, 0.15) is 5.60 Å². The van der Waals surface area contributed by atoms with E-state index in [4.69, 9.17) is 9.94 Å². The van der Waals surface area contributed by atoms with Crippen LogP contribution in [0, 0.1) is 0 Å². The number of nitrogens with zero attached hydrogens (tertiary/aromatic N) is 1. The molecular weight excluding hydrogens is 184 g/mol. The lowest BCUT2D eigenvalue weighted by Crippen LogP contribution is -2.41. The van der Waals surface area contributed by atoms with Crippen molar-refractivity contribution in [1.82, 2.24) is 5.32 Å². The Hall–Kier alpha value is -1.26. The Labute approximate surface area is 83.1 Å². The molecule has 0 unspecified atom stereocenters. The van der Waals surface area contributed by atoms with Gasteiger partial charge in [0.2, 0.25) is 0 Å². The summed E-state index contributed by atoms with van der Waals surface area (Å²) in [7, 11) is 0. The van der Waals surface area contributed by atoms with E-state index >= 15 is 0 Å². The zero-order valence-electron chi connectivity index (χ0n) is 8.70. The molecule has 0 heterocycles. The minimum Gasteiger partial charge on any atom is -0.444 e. The third kappa shape index (κ3) is 3.24. The first-order valence-electron chi connectivity index (χ1n) is 4.57. The highest BCUT2D eigenvalue weighted by Crippen LogP contribution is 2.33. The minimum atomic E-state index is -0.503. The predicted molar refractivity (Wildman–Crippen MR) is 51.6 cm³/mol. The molecule has 1 aliphatic carbocycles. The van der Waals surface area contributed by atoms with E-state index in [1.807, 2.05) is 0 Å². The van der Waals surface area contributed by atoms with E-state index in [2.05, 4.69) is 10.5 Å². The van der Waals surface area contributed by atoms with Gasteiger partial charge in [-0.2, -0.15) is 0 Å². The number of rotatable bonds is 2. The summed E-state index contributed by atoms with van der Waals surface area (Å²) >= 11 is 0. The molecule has 0 saturated heterocycles. The van der Waals surface area contributed by atoms with Crippen LogP contribution >= 0.6 is 0 Å². The number of carbonyl (C=O) groups excluding carboxylic acids is 1. The van der Waals surface area contributed by atoms with E-state index in [-0.39, 0.29) is 0 Å². The summed E-state index contributed by atoms with van der Waals surface area (Å²) < 4.78 is 5.07. The third-order valence-corrected chi connectivity index (χ3v) is 1.84. The number of hydrogen-bond acceptors (Lipinski definition) is 4. The molecule has 1 rings (SSSR count). The Bertz CT molecular complexity index is 251. The molecule has 14 heavy (non-hydrogen) atoms. The van der Waals surface area contributed by atoms with Gasteiger partial charge >= 0.3 is 6.09 Å². The van der Waals surface area contributed by atoms with Gasteiger partial charge in [0.05, 0.1) is 11.8 Å². The first-order valence-corrected chi connectivity index (χ1v) is 4.57. The number of oxime groups is 1. The average molecular weight is 200 g/mol. The smallest absolute Gasteiger partial charge is 0.408 e. The lowest BCUT2D eigenvalue weighted by molar-refractivity contribution is 0.0513. The van der Waals surface area contributed by atoms with E-state index in [0.717, 1.165) is 12.8 Å². The summed E-state index contributed by atoms with van der Waals surface area (Å²) in [6, 6.07) is 0. The SMILES string of the molecule is CC(C)(C)OC(=O)NC1(/C=N/O)CC1. The molecule has 5 heteroatoms. The van der Waals surface area contributed by atoms with Crippen molar-refractivity contribution in [3.63, 3.8) is 0 Å². The van der Waals surface area contributed by atoms with Crippen LogP contribution in [0.1, 0.15) is 33.6 Å². The molecule has 0 radical (unpaired) electrons. The van der Waals surface area contributed by atoms with Crippen LogP contribution in [0.25, 0.3) is 0 Å². The summed E-state index contributed by atoms with van der Waals surface area (Å²) in [5.74, 6) is 0. The van der Waals surface area contributed by atoms with Gasteiger partial charge in [-0.15, -0.1) is 0 Å². The molecule has 2 N–H and O–H groups in total. The van der Waals surface area contributed by atoms with Crippen molar-refractivity contribution < 1.29 is 14.7 Å².